The van der Waals surface area contributed by atoms with Gasteiger partial charge in [-0.1, -0.05) is 18.2 Å². The van der Waals surface area contributed by atoms with Crippen molar-refractivity contribution in [1.29, 1.82) is 0 Å². The summed E-state index contributed by atoms with van der Waals surface area (Å²) >= 11 is 0. The summed E-state index contributed by atoms with van der Waals surface area (Å²) < 4.78 is 36.5. The van der Waals surface area contributed by atoms with E-state index in [1.165, 1.54) is 19.2 Å². The molecule has 1 saturated heterocycles. The Bertz CT molecular complexity index is 447. The van der Waals surface area contributed by atoms with Crippen LogP contribution in [0.25, 0.3) is 0 Å². The van der Waals surface area contributed by atoms with Crippen LogP contribution in [0.2, 0.25) is 0 Å². The molecule has 1 heterocycles. The number of hydrogen-bond donors (Lipinski definition) is 1. The van der Waals surface area contributed by atoms with Crippen molar-refractivity contribution in [1.82, 2.24) is 4.72 Å². The smallest absolute Gasteiger partial charge is 0.243 e. The first-order valence-corrected chi connectivity index (χ1v) is 6.28. The molecule has 0 amide bonds. The minimum absolute atomic E-state index is 0.221. The molecule has 88 valence electrons. The summed E-state index contributed by atoms with van der Waals surface area (Å²) in [6.45, 7) is 0.463. The van der Waals surface area contributed by atoms with Crippen molar-refractivity contribution in [2.24, 2.45) is 0 Å². The Labute approximate surface area is 94.4 Å². The molecule has 1 aromatic carbocycles. The van der Waals surface area contributed by atoms with Crippen molar-refractivity contribution in [3.05, 3.63) is 30.3 Å². The number of sulfonamides is 1. The molecule has 0 bridgehead atoms. The summed E-state index contributed by atoms with van der Waals surface area (Å²) in [6.07, 6.45) is 0. The molecule has 1 aliphatic heterocycles. The summed E-state index contributed by atoms with van der Waals surface area (Å²) in [4.78, 5) is 0.221. The highest BCUT2D eigenvalue weighted by atomic mass is 32.2. The maximum absolute atomic E-state index is 12.0. The van der Waals surface area contributed by atoms with Crippen LogP contribution in [0, 0.1) is 0 Å². The lowest BCUT2D eigenvalue weighted by molar-refractivity contribution is -0.201. The normalized spacial score (nSPS) is 19.1. The molecule has 16 heavy (non-hydrogen) atoms. The third-order valence-corrected chi connectivity index (χ3v) is 3.97. The van der Waals surface area contributed by atoms with Gasteiger partial charge in [-0.05, 0) is 12.1 Å². The zero-order valence-electron chi connectivity index (χ0n) is 8.84. The fraction of sp³-hybridized carbons (Fsp3) is 0.400. The largest absolute Gasteiger partial charge is 0.372 e. The molecule has 1 N–H and O–H groups in total. The van der Waals surface area contributed by atoms with Crippen LogP contribution < -0.4 is 4.72 Å². The van der Waals surface area contributed by atoms with Crippen molar-refractivity contribution in [2.45, 2.75) is 10.6 Å². The van der Waals surface area contributed by atoms with Gasteiger partial charge in [0.25, 0.3) is 0 Å². The molecule has 0 spiro atoms. The highest BCUT2D eigenvalue weighted by molar-refractivity contribution is 7.89. The molecule has 0 unspecified atom stereocenters. The number of rotatable bonds is 4. The molecule has 1 aliphatic rings. The van der Waals surface area contributed by atoms with E-state index in [4.69, 9.17) is 9.47 Å². The van der Waals surface area contributed by atoms with Crippen LogP contribution >= 0.6 is 0 Å². The number of nitrogens with one attached hydrogen (secondary N) is 1. The number of hydrogen-bond acceptors (Lipinski definition) is 4. The van der Waals surface area contributed by atoms with E-state index in [1.807, 2.05) is 0 Å². The Hall–Kier alpha value is -0.950. The number of benzene rings is 1. The molecule has 0 aliphatic carbocycles. The number of ether oxygens (including phenoxy) is 2. The minimum atomic E-state index is -3.55. The SMILES string of the molecule is COC1(NS(=O)(=O)c2ccccc2)COC1. The van der Waals surface area contributed by atoms with Crippen molar-refractivity contribution in [2.75, 3.05) is 20.3 Å². The standard InChI is InChI=1S/C10H13NO4S/c1-14-10(7-15-8-10)11-16(12,13)9-5-3-2-4-6-9/h2-6,11H,7-8H2,1H3. The van der Waals surface area contributed by atoms with Crippen LogP contribution in [0.1, 0.15) is 0 Å². The lowest BCUT2D eigenvalue weighted by Crippen LogP contribution is -2.63. The van der Waals surface area contributed by atoms with Gasteiger partial charge in [0.15, 0.2) is 5.72 Å². The first-order chi connectivity index (χ1) is 7.58. The maximum Gasteiger partial charge on any atom is 0.243 e. The molecule has 6 heteroatoms. The number of methoxy groups -OCH3 is 1. The lowest BCUT2D eigenvalue weighted by atomic mass is 10.2. The van der Waals surface area contributed by atoms with E-state index in [1.54, 1.807) is 18.2 Å². The monoisotopic (exact) mass is 243 g/mol. The quantitative estimate of drug-likeness (QED) is 0.774. The van der Waals surface area contributed by atoms with Gasteiger partial charge >= 0.3 is 0 Å². The predicted octanol–water partition coefficient (Wildman–Crippen LogP) is 0.338. The van der Waals surface area contributed by atoms with Crippen LogP contribution in [-0.2, 0) is 19.5 Å². The van der Waals surface area contributed by atoms with Gasteiger partial charge in [-0.25, -0.2) is 8.42 Å². The van der Waals surface area contributed by atoms with Gasteiger partial charge in [0.1, 0.15) is 0 Å². The summed E-state index contributed by atoms with van der Waals surface area (Å²) in [5.41, 5.74) is -0.908. The second-order valence-electron chi connectivity index (χ2n) is 3.61. The summed E-state index contributed by atoms with van der Waals surface area (Å²) in [5.74, 6) is 0. The van der Waals surface area contributed by atoms with Crippen LogP contribution in [-0.4, -0.2) is 34.5 Å². The van der Waals surface area contributed by atoms with Crippen LogP contribution in [0.15, 0.2) is 35.2 Å². The van der Waals surface area contributed by atoms with Gasteiger partial charge in [0.05, 0.1) is 18.1 Å². The van der Waals surface area contributed by atoms with Gasteiger partial charge in [-0.15, -0.1) is 0 Å². The summed E-state index contributed by atoms with van der Waals surface area (Å²) in [5, 5.41) is 0. The van der Waals surface area contributed by atoms with Gasteiger partial charge in [-0.3, -0.25) is 0 Å². The van der Waals surface area contributed by atoms with Crippen molar-refractivity contribution in [3.8, 4) is 0 Å². The molecule has 5 nitrogen and oxygen atoms in total. The first-order valence-electron chi connectivity index (χ1n) is 4.80. The Morgan fingerprint density at radius 1 is 1.31 bits per heavy atom. The van der Waals surface area contributed by atoms with Crippen molar-refractivity contribution >= 4 is 10.0 Å². The highest BCUT2D eigenvalue weighted by Crippen LogP contribution is 2.21. The van der Waals surface area contributed by atoms with Gasteiger partial charge < -0.3 is 9.47 Å². The Morgan fingerprint density at radius 2 is 1.94 bits per heavy atom. The summed E-state index contributed by atoms with van der Waals surface area (Å²) in [6, 6.07) is 8.17. The Kier molecular flexibility index (Phi) is 2.98. The second kappa shape index (κ2) is 4.14. The van der Waals surface area contributed by atoms with Crippen LogP contribution in [0.4, 0.5) is 0 Å². The highest BCUT2D eigenvalue weighted by Gasteiger charge is 2.42. The molecule has 0 aromatic heterocycles. The van der Waals surface area contributed by atoms with Crippen LogP contribution in [0.3, 0.4) is 0 Å². The van der Waals surface area contributed by atoms with E-state index in [9.17, 15) is 8.42 Å². The van der Waals surface area contributed by atoms with Gasteiger partial charge in [0, 0.05) is 7.11 Å². The van der Waals surface area contributed by atoms with E-state index in [0.717, 1.165) is 0 Å². The fourth-order valence-corrected chi connectivity index (χ4v) is 2.73. The maximum atomic E-state index is 12.0. The molecule has 0 saturated carbocycles. The van der Waals surface area contributed by atoms with Crippen molar-refractivity contribution < 1.29 is 17.9 Å². The van der Waals surface area contributed by atoms with E-state index in [2.05, 4.69) is 4.72 Å². The molecule has 0 atom stereocenters. The van der Waals surface area contributed by atoms with E-state index in [-0.39, 0.29) is 18.1 Å². The Balaban J connectivity index is 2.21. The first kappa shape index (κ1) is 11.5. The Morgan fingerprint density at radius 3 is 2.38 bits per heavy atom. The second-order valence-corrected chi connectivity index (χ2v) is 5.29. The van der Waals surface area contributed by atoms with Gasteiger partial charge in [-0.2, -0.15) is 4.72 Å². The average molecular weight is 243 g/mol. The van der Waals surface area contributed by atoms with E-state index < -0.39 is 15.7 Å². The molecular formula is C10H13NO4S. The molecular weight excluding hydrogens is 230 g/mol. The van der Waals surface area contributed by atoms with Crippen molar-refractivity contribution in [3.63, 3.8) is 0 Å². The fourth-order valence-electron chi connectivity index (χ4n) is 1.41. The minimum Gasteiger partial charge on any atom is -0.372 e. The van der Waals surface area contributed by atoms with E-state index in [0.29, 0.717) is 0 Å². The topological polar surface area (TPSA) is 64.6 Å². The van der Waals surface area contributed by atoms with Crippen LogP contribution in [0.5, 0.6) is 0 Å². The van der Waals surface area contributed by atoms with Gasteiger partial charge in [0.2, 0.25) is 10.0 Å². The van der Waals surface area contributed by atoms with E-state index >= 15 is 0 Å². The summed E-state index contributed by atoms with van der Waals surface area (Å²) in [7, 11) is -2.09. The molecule has 0 radical (unpaired) electrons. The molecule has 2 rings (SSSR count). The lowest BCUT2D eigenvalue weighted by Gasteiger charge is -2.39. The molecule has 1 aromatic rings. The zero-order valence-corrected chi connectivity index (χ0v) is 9.66. The molecule has 1 fully saturated rings. The zero-order chi connectivity index (χ0) is 11.6. The third kappa shape index (κ3) is 2.10. The third-order valence-electron chi connectivity index (χ3n) is 2.44. The predicted molar refractivity (Wildman–Crippen MR) is 57.3 cm³/mol. The average Bonchev–Trinajstić information content (AvgIpc) is 2.25.